The third-order valence-corrected chi connectivity index (χ3v) is 3.95. The zero-order valence-corrected chi connectivity index (χ0v) is 19.7. The van der Waals surface area contributed by atoms with E-state index in [0.29, 0.717) is 6.85 Å². The zero-order valence-electron chi connectivity index (χ0n) is 19.7. The van der Waals surface area contributed by atoms with E-state index in [1.807, 2.05) is 13.8 Å². The van der Waals surface area contributed by atoms with E-state index < -0.39 is 5.91 Å². The third kappa shape index (κ3) is 16.9. The molecular formula is C21H42BN3O4. The molecule has 0 saturated heterocycles. The van der Waals surface area contributed by atoms with Gasteiger partial charge in [-0.15, -0.1) is 0 Å². The quantitative estimate of drug-likeness (QED) is 0.402. The minimum Gasteiger partial charge on any atom is -0.376 e. The molecule has 0 aromatic heterocycles. The van der Waals surface area contributed by atoms with Gasteiger partial charge in [0.25, 0.3) is 11.8 Å². The van der Waals surface area contributed by atoms with Crippen LogP contribution in [-0.4, -0.2) is 54.8 Å². The summed E-state index contributed by atoms with van der Waals surface area (Å²) in [5.41, 5.74) is 4.86. The first kappa shape index (κ1) is 29.5. The van der Waals surface area contributed by atoms with Gasteiger partial charge in [-0.2, -0.15) is 0 Å². The number of hydrogen-bond acceptors (Lipinski definition) is 5. The lowest BCUT2D eigenvalue weighted by Gasteiger charge is -2.26. The predicted molar refractivity (Wildman–Crippen MR) is 121 cm³/mol. The molecule has 1 rings (SSSR count). The van der Waals surface area contributed by atoms with Crippen LogP contribution in [0, 0.1) is 5.92 Å². The van der Waals surface area contributed by atoms with Crippen LogP contribution in [0.1, 0.15) is 60.8 Å². The number of hydrogen-bond donors (Lipinski definition) is 2. The molecule has 0 aromatic rings. The second-order valence-electron chi connectivity index (χ2n) is 8.03. The number of imide groups is 1. The Hall–Kier alpha value is -1.67. The van der Waals surface area contributed by atoms with Gasteiger partial charge in [0.05, 0.1) is 5.60 Å². The van der Waals surface area contributed by atoms with Crippen LogP contribution >= 0.6 is 0 Å². The van der Waals surface area contributed by atoms with Gasteiger partial charge in [-0.3, -0.25) is 19.3 Å². The highest BCUT2D eigenvalue weighted by Gasteiger charge is 2.22. The second kappa shape index (κ2) is 16.2. The number of rotatable bonds is 11. The molecule has 0 aliphatic carbocycles. The number of nitrogens with one attached hydrogen (secondary N) is 1. The van der Waals surface area contributed by atoms with Gasteiger partial charge in [-0.05, 0) is 39.2 Å². The van der Waals surface area contributed by atoms with Crippen molar-refractivity contribution >= 4 is 24.6 Å². The Balaban J connectivity index is 0. The molecule has 1 aliphatic heterocycles. The molecular weight excluding hydrogens is 369 g/mol. The molecule has 0 saturated carbocycles. The molecule has 3 amide bonds. The molecule has 1 aliphatic rings. The van der Waals surface area contributed by atoms with Crippen LogP contribution in [-0.2, 0) is 19.1 Å². The monoisotopic (exact) mass is 411 g/mol. The standard InChI is InChI=1S/C12H28BNO.C7H8N2O3.C2H6/c1-11(2)7-10-15-12(3,4)8-9-14-13(5)6;8-5(10)3-4-9-6(11)1-2-7(9)12;1-2/h11,14H,7-10H2,1-6H3;1-2H,3-4H2,(H2,8,10);1-2H3. The SMILES string of the molecule is CB(C)NCCC(C)(C)OCCC(C)C.CC.NC(=O)CCN1C(=O)C=CC1=O. The molecule has 0 bridgehead atoms. The summed E-state index contributed by atoms with van der Waals surface area (Å²) in [4.78, 5) is 33.0. The highest BCUT2D eigenvalue weighted by Crippen LogP contribution is 2.15. The summed E-state index contributed by atoms with van der Waals surface area (Å²) in [5.74, 6) is -0.570. The fourth-order valence-corrected chi connectivity index (χ4v) is 2.18. The van der Waals surface area contributed by atoms with Crippen LogP contribution in [0.15, 0.2) is 12.2 Å². The van der Waals surface area contributed by atoms with Crippen LogP contribution in [0.25, 0.3) is 0 Å². The largest absolute Gasteiger partial charge is 0.376 e. The molecule has 0 aromatic carbocycles. The summed E-state index contributed by atoms with van der Waals surface area (Å²) in [7, 11) is 0. The number of carbonyl (C=O) groups excluding carboxylic acids is 3. The predicted octanol–water partition coefficient (Wildman–Crippen LogP) is 2.87. The van der Waals surface area contributed by atoms with Crippen LogP contribution in [0.3, 0.4) is 0 Å². The molecule has 0 spiro atoms. The van der Waals surface area contributed by atoms with E-state index in [1.54, 1.807) is 0 Å². The van der Waals surface area contributed by atoms with Crippen molar-refractivity contribution in [1.29, 1.82) is 0 Å². The van der Waals surface area contributed by atoms with Crippen molar-refractivity contribution in [2.75, 3.05) is 19.7 Å². The second-order valence-corrected chi connectivity index (χ2v) is 8.03. The third-order valence-electron chi connectivity index (χ3n) is 3.95. The topological polar surface area (TPSA) is 102 Å². The van der Waals surface area contributed by atoms with E-state index in [-0.39, 0.29) is 30.4 Å². The molecule has 7 nitrogen and oxygen atoms in total. The van der Waals surface area contributed by atoms with E-state index in [1.165, 1.54) is 12.2 Å². The fraction of sp³-hybridized carbons (Fsp3) is 0.762. The summed E-state index contributed by atoms with van der Waals surface area (Å²) >= 11 is 0. The average Bonchev–Trinajstić information content (AvgIpc) is 2.92. The van der Waals surface area contributed by atoms with Gasteiger partial charge in [0.2, 0.25) is 12.8 Å². The smallest absolute Gasteiger partial charge is 0.253 e. The summed E-state index contributed by atoms with van der Waals surface area (Å²) in [6.45, 7) is 19.7. The Labute approximate surface area is 177 Å². The lowest BCUT2D eigenvalue weighted by molar-refractivity contribution is -0.137. The van der Waals surface area contributed by atoms with Crippen molar-refractivity contribution in [3.05, 3.63) is 12.2 Å². The van der Waals surface area contributed by atoms with Crippen molar-refractivity contribution in [1.82, 2.24) is 10.1 Å². The minimum absolute atomic E-state index is 0.0107. The molecule has 29 heavy (non-hydrogen) atoms. The molecule has 168 valence electrons. The highest BCUT2D eigenvalue weighted by atomic mass is 16.5. The van der Waals surface area contributed by atoms with Gasteiger partial charge < -0.3 is 15.7 Å². The maximum atomic E-state index is 10.9. The van der Waals surface area contributed by atoms with Gasteiger partial charge in [0.15, 0.2) is 0 Å². The Bertz CT molecular complexity index is 486. The van der Waals surface area contributed by atoms with E-state index in [4.69, 9.17) is 10.5 Å². The first-order valence-corrected chi connectivity index (χ1v) is 10.6. The van der Waals surface area contributed by atoms with Crippen molar-refractivity contribution in [3.63, 3.8) is 0 Å². The van der Waals surface area contributed by atoms with Gasteiger partial charge in [-0.25, -0.2) is 0 Å². The Morgan fingerprint density at radius 1 is 1.21 bits per heavy atom. The Morgan fingerprint density at radius 3 is 2.14 bits per heavy atom. The van der Waals surface area contributed by atoms with Crippen molar-refractivity contribution in [2.24, 2.45) is 11.7 Å². The van der Waals surface area contributed by atoms with Gasteiger partial charge in [-0.1, -0.05) is 41.3 Å². The van der Waals surface area contributed by atoms with Crippen molar-refractivity contribution in [2.45, 2.75) is 80.1 Å². The van der Waals surface area contributed by atoms with E-state index >= 15 is 0 Å². The van der Waals surface area contributed by atoms with Crippen molar-refractivity contribution < 1.29 is 19.1 Å². The summed E-state index contributed by atoms with van der Waals surface area (Å²) in [5, 5.41) is 3.42. The molecule has 0 atom stereocenters. The number of amides is 3. The lowest BCUT2D eigenvalue weighted by Crippen LogP contribution is -2.35. The number of ether oxygens (including phenoxy) is 1. The summed E-state index contributed by atoms with van der Waals surface area (Å²) in [6.07, 6.45) is 4.58. The first-order valence-electron chi connectivity index (χ1n) is 10.6. The first-order chi connectivity index (χ1) is 13.4. The summed E-state index contributed by atoms with van der Waals surface area (Å²) in [6, 6.07) is 0. The van der Waals surface area contributed by atoms with Crippen LogP contribution < -0.4 is 11.0 Å². The van der Waals surface area contributed by atoms with Crippen molar-refractivity contribution in [3.8, 4) is 0 Å². The van der Waals surface area contributed by atoms with Crippen LogP contribution in [0.2, 0.25) is 13.6 Å². The Morgan fingerprint density at radius 2 is 1.72 bits per heavy atom. The molecule has 3 N–H and O–H groups in total. The van der Waals surface area contributed by atoms with Gasteiger partial charge >= 0.3 is 0 Å². The number of carbonyl (C=O) groups is 3. The highest BCUT2D eigenvalue weighted by molar-refractivity contribution is 6.52. The fourth-order valence-electron chi connectivity index (χ4n) is 2.18. The average molecular weight is 411 g/mol. The van der Waals surface area contributed by atoms with Gasteiger partial charge in [0.1, 0.15) is 0 Å². The number of primary amides is 1. The lowest BCUT2D eigenvalue weighted by atomic mass is 9.68. The van der Waals surface area contributed by atoms with Crippen LogP contribution in [0.5, 0.6) is 0 Å². The molecule has 0 radical (unpaired) electrons. The van der Waals surface area contributed by atoms with E-state index in [2.05, 4.69) is 46.6 Å². The minimum atomic E-state index is -0.525. The zero-order chi connectivity index (χ0) is 23.0. The normalized spacial score (nSPS) is 13.1. The number of nitrogens with two attached hydrogens (primary N) is 1. The molecule has 0 unspecified atom stereocenters. The molecule has 0 fully saturated rings. The Kier molecular flexibility index (Phi) is 16.5. The molecule has 1 heterocycles. The van der Waals surface area contributed by atoms with E-state index in [0.717, 1.165) is 36.8 Å². The van der Waals surface area contributed by atoms with Crippen LogP contribution in [0.4, 0.5) is 0 Å². The van der Waals surface area contributed by atoms with E-state index in [9.17, 15) is 14.4 Å². The summed E-state index contributed by atoms with van der Waals surface area (Å²) < 4.78 is 5.88. The number of nitrogens with zero attached hydrogens (tertiary/aromatic N) is 1. The maximum Gasteiger partial charge on any atom is 0.253 e. The molecule has 8 heteroatoms. The maximum absolute atomic E-state index is 10.9. The van der Waals surface area contributed by atoms with Gasteiger partial charge in [0, 0.05) is 31.7 Å².